The molecular weight excluding hydrogens is 514 g/mol. The molecule has 1 N–H and O–H groups in total. The highest BCUT2D eigenvalue weighted by Crippen LogP contribution is 2.29. The Labute approximate surface area is 241 Å². The van der Waals surface area contributed by atoms with Gasteiger partial charge in [-0.2, -0.15) is 0 Å². The molecule has 0 saturated heterocycles. The third-order valence-electron chi connectivity index (χ3n) is 7.49. The number of aryl methyl sites for hydroxylation is 3. The maximum atomic E-state index is 12.2. The molecule has 7 nitrogen and oxygen atoms in total. The van der Waals surface area contributed by atoms with E-state index in [1.807, 2.05) is 24.3 Å². The zero-order chi connectivity index (χ0) is 28.3. The van der Waals surface area contributed by atoms with E-state index in [4.69, 9.17) is 14.0 Å². The summed E-state index contributed by atoms with van der Waals surface area (Å²) >= 11 is 0. The topological polar surface area (TPSA) is 78.5 Å². The van der Waals surface area contributed by atoms with Crippen molar-refractivity contribution in [3.63, 3.8) is 0 Å². The maximum Gasteiger partial charge on any atom is 0.325 e. The van der Waals surface area contributed by atoms with Crippen molar-refractivity contribution in [2.75, 3.05) is 20.3 Å². The standard InChI is InChI=1S/C34H39N3O4/c1-39-34(38)31(35-21-12-15-26-13-4-2-5-14-26)25-40-24-28-23-27(36-41-28)16-6-3-11-22-37-32-19-9-7-17-29(32)30-18-8-10-20-33(30)37/h2,4-5,7-10,13-14,17-20,23,31,35H,3,6,11-12,15-16,21-22,24-25H2,1H3/t31-/m0/s1. The molecule has 1 atom stereocenters. The molecular formula is C34H39N3O4. The fourth-order valence-electron chi connectivity index (χ4n) is 5.38. The second-order valence-electron chi connectivity index (χ2n) is 10.4. The van der Waals surface area contributed by atoms with Crippen molar-refractivity contribution in [1.82, 2.24) is 15.0 Å². The first-order chi connectivity index (χ1) is 20.2. The second-order valence-corrected chi connectivity index (χ2v) is 10.4. The zero-order valence-electron chi connectivity index (χ0n) is 23.8. The lowest BCUT2D eigenvalue weighted by atomic mass is 10.1. The summed E-state index contributed by atoms with van der Waals surface area (Å²) in [5.41, 5.74) is 4.81. The lowest BCUT2D eigenvalue weighted by Gasteiger charge is -2.16. The molecule has 5 rings (SSSR count). The summed E-state index contributed by atoms with van der Waals surface area (Å²) in [5, 5.41) is 10.1. The van der Waals surface area contributed by atoms with Crippen molar-refractivity contribution < 1.29 is 18.8 Å². The Morgan fingerprint density at radius 3 is 2.32 bits per heavy atom. The van der Waals surface area contributed by atoms with Crippen LogP contribution in [-0.4, -0.2) is 42.0 Å². The Bertz CT molecular complexity index is 1470. The number of unbranched alkanes of at least 4 members (excludes halogenated alkanes) is 2. The Kier molecular flexibility index (Phi) is 10.2. The van der Waals surface area contributed by atoms with Crippen LogP contribution in [0.3, 0.4) is 0 Å². The molecule has 0 amide bonds. The van der Waals surface area contributed by atoms with Crippen LogP contribution in [-0.2, 0) is 40.3 Å². The number of ether oxygens (including phenoxy) is 2. The number of benzene rings is 3. The third kappa shape index (κ3) is 7.63. The van der Waals surface area contributed by atoms with E-state index >= 15 is 0 Å². The number of fused-ring (bicyclic) bond motifs is 3. The normalized spacial score (nSPS) is 12.2. The van der Waals surface area contributed by atoms with Gasteiger partial charge in [-0.15, -0.1) is 0 Å². The molecule has 0 aliphatic heterocycles. The number of hydrogen-bond acceptors (Lipinski definition) is 6. The van der Waals surface area contributed by atoms with Gasteiger partial charge >= 0.3 is 5.97 Å². The molecule has 7 heteroatoms. The van der Waals surface area contributed by atoms with E-state index in [9.17, 15) is 4.79 Å². The van der Waals surface area contributed by atoms with E-state index < -0.39 is 6.04 Å². The Morgan fingerprint density at radius 1 is 0.878 bits per heavy atom. The van der Waals surface area contributed by atoms with Gasteiger partial charge in [0, 0.05) is 34.4 Å². The smallest absolute Gasteiger partial charge is 0.325 e. The number of hydrogen-bond donors (Lipinski definition) is 1. The molecule has 2 heterocycles. The number of carbonyl (C=O) groups excluding carboxylic acids is 1. The van der Waals surface area contributed by atoms with Gasteiger partial charge in [0.1, 0.15) is 12.6 Å². The van der Waals surface area contributed by atoms with Crippen molar-refractivity contribution in [3.05, 3.63) is 102 Å². The van der Waals surface area contributed by atoms with Gasteiger partial charge in [0.05, 0.1) is 19.4 Å². The summed E-state index contributed by atoms with van der Waals surface area (Å²) in [4.78, 5) is 12.2. The number of methoxy groups -OCH3 is 1. The molecule has 0 aliphatic rings. The molecule has 0 unspecified atom stereocenters. The van der Waals surface area contributed by atoms with E-state index in [1.165, 1.54) is 34.5 Å². The molecule has 214 valence electrons. The summed E-state index contributed by atoms with van der Waals surface area (Å²) in [6, 6.07) is 29.0. The van der Waals surface area contributed by atoms with Crippen LogP contribution in [0.25, 0.3) is 21.8 Å². The first-order valence-corrected chi connectivity index (χ1v) is 14.6. The van der Waals surface area contributed by atoms with E-state index in [-0.39, 0.29) is 19.2 Å². The highest BCUT2D eigenvalue weighted by atomic mass is 16.5. The van der Waals surface area contributed by atoms with Gasteiger partial charge in [0.25, 0.3) is 0 Å². The number of aromatic nitrogens is 2. The van der Waals surface area contributed by atoms with E-state index in [0.29, 0.717) is 12.3 Å². The molecule has 0 fully saturated rings. The van der Waals surface area contributed by atoms with Crippen molar-refractivity contribution >= 4 is 27.8 Å². The summed E-state index contributed by atoms with van der Waals surface area (Å²) in [6.07, 6.45) is 5.98. The quantitative estimate of drug-likeness (QED) is 0.111. The van der Waals surface area contributed by atoms with Crippen molar-refractivity contribution in [2.45, 2.75) is 57.7 Å². The minimum Gasteiger partial charge on any atom is -0.468 e. The van der Waals surface area contributed by atoms with E-state index in [0.717, 1.165) is 50.8 Å². The highest BCUT2D eigenvalue weighted by molar-refractivity contribution is 6.07. The lowest BCUT2D eigenvalue weighted by molar-refractivity contribution is -0.145. The number of nitrogens with zero attached hydrogens (tertiary/aromatic N) is 2. The molecule has 5 aromatic rings. The van der Waals surface area contributed by atoms with Crippen LogP contribution in [0.2, 0.25) is 0 Å². The summed E-state index contributed by atoms with van der Waals surface area (Å²) in [5.74, 6) is 0.335. The number of esters is 1. The van der Waals surface area contributed by atoms with Gasteiger partial charge in [0.2, 0.25) is 0 Å². The average molecular weight is 554 g/mol. The molecule has 0 radical (unpaired) electrons. The van der Waals surface area contributed by atoms with Crippen LogP contribution in [0.4, 0.5) is 0 Å². The average Bonchev–Trinajstić information content (AvgIpc) is 3.60. The number of para-hydroxylation sites is 2. The van der Waals surface area contributed by atoms with Gasteiger partial charge in [-0.25, -0.2) is 0 Å². The van der Waals surface area contributed by atoms with Gasteiger partial charge in [-0.05, 0) is 56.3 Å². The van der Waals surface area contributed by atoms with Crippen LogP contribution in [0, 0.1) is 0 Å². The highest BCUT2D eigenvalue weighted by Gasteiger charge is 2.19. The van der Waals surface area contributed by atoms with Crippen LogP contribution < -0.4 is 5.32 Å². The Hall–Kier alpha value is -3.94. The second kappa shape index (κ2) is 14.6. The summed E-state index contributed by atoms with van der Waals surface area (Å²) in [6.45, 7) is 2.16. The van der Waals surface area contributed by atoms with Crippen LogP contribution in [0.15, 0.2) is 89.5 Å². The van der Waals surface area contributed by atoms with Gasteiger partial charge in [-0.1, -0.05) is 78.3 Å². The predicted octanol–water partition coefficient (Wildman–Crippen LogP) is 6.48. The molecule has 0 bridgehead atoms. The Balaban J connectivity index is 1.02. The number of rotatable bonds is 16. The molecule has 41 heavy (non-hydrogen) atoms. The predicted molar refractivity (Wildman–Crippen MR) is 162 cm³/mol. The van der Waals surface area contributed by atoms with E-state index in [2.05, 4.69) is 75.7 Å². The minimum absolute atomic E-state index is 0.205. The lowest BCUT2D eigenvalue weighted by Crippen LogP contribution is -2.42. The van der Waals surface area contributed by atoms with Crippen molar-refractivity contribution in [2.24, 2.45) is 0 Å². The van der Waals surface area contributed by atoms with Crippen LogP contribution in [0.5, 0.6) is 0 Å². The third-order valence-corrected chi connectivity index (χ3v) is 7.49. The van der Waals surface area contributed by atoms with Gasteiger partial charge in [-0.3, -0.25) is 4.79 Å². The van der Waals surface area contributed by atoms with Gasteiger partial charge < -0.3 is 23.9 Å². The number of nitrogens with one attached hydrogen (secondary N) is 1. The molecule has 2 aromatic heterocycles. The number of carbonyl (C=O) groups is 1. The molecule has 3 aromatic carbocycles. The van der Waals surface area contributed by atoms with E-state index in [1.54, 1.807) is 0 Å². The summed E-state index contributed by atoms with van der Waals surface area (Å²) < 4.78 is 18.7. The zero-order valence-corrected chi connectivity index (χ0v) is 23.8. The SMILES string of the molecule is COC(=O)[C@H](COCc1cc(CCCCCn2c3ccccc3c3ccccc32)no1)NCCCc1ccccc1. The largest absolute Gasteiger partial charge is 0.468 e. The molecule has 0 aliphatic carbocycles. The fraction of sp³-hybridized carbons (Fsp3) is 0.353. The van der Waals surface area contributed by atoms with Crippen molar-refractivity contribution in [1.29, 1.82) is 0 Å². The van der Waals surface area contributed by atoms with Crippen LogP contribution >= 0.6 is 0 Å². The fourth-order valence-corrected chi connectivity index (χ4v) is 5.38. The first-order valence-electron chi connectivity index (χ1n) is 14.6. The van der Waals surface area contributed by atoms with Crippen LogP contribution in [0.1, 0.15) is 42.7 Å². The maximum absolute atomic E-state index is 12.2. The minimum atomic E-state index is -0.521. The van der Waals surface area contributed by atoms with Gasteiger partial charge in [0.15, 0.2) is 5.76 Å². The first kappa shape index (κ1) is 28.6. The summed E-state index contributed by atoms with van der Waals surface area (Å²) in [7, 11) is 1.40. The van der Waals surface area contributed by atoms with Crippen molar-refractivity contribution in [3.8, 4) is 0 Å². The monoisotopic (exact) mass is 553 g/mol. The molecule has 0 saturated carbocycles. The molecule has 0 spiro atoms. The Morgan fingerprint density at radius 2 is 1.59 bits per heavy atom.